The van der Waals surface area contributed by atoms with Crippen molar-refractivity contribution in [2.24, 2.45) is 0 Å². The summed E-state index contributed by atoms with van der Waals surface area (Å²) in [4.78, 5) is 24.8. The van der Waals surface area contributed by atoms with Gasteiger partial charge in [0.15, 0.2) is 7.14 Å². The standard InChI is InChI=1S/C26H14IO4.C6H4F2O3S/c28-25-17-5-1-3-7-21(17)30-23-11-9-15(13-19(23)25)27-16-10-12-24-20(14-16)26(29)18-6-2-4-8-22(18)31-24;7-4-1-2-6(5(8)3-4)12(9,10)11/h1-14H;1-3H,(H,9,10,11)/q+1;/p-1. The topological polar surface area (TPSA) is 118 Å². The van der Waals surface area contributed by atoms with Gasteiger partial charge in [0.1, 0.15) is 44.1 Å². The maximum atomic E-state index is 12.9. The molecule has 2 aromatic heterocycles. The number of hydrogen-bond acceptors (Lipinski definition) is 7. The van der Waals surface area contributed by atoms with Crippen molar-refractivity contribution in [1.82, 2.24) is 0 Å². The molecule has 0 N–H and O–H groups in total. The fourth-order valence-corrected chi connectivity index (χ4v) is 7.38. The minimum Gasteiger partial charge on any atom is -0.744 e. The van der Waals surface area contributed by atoms with E-state index >= 15 is 0 Å². The first-order valence-electron chi connectivity index (χ1n) is 12.6. The van der Waals surface area contributed by atoms with Crippen molar-refractivity contribution < 1.29 is 51.8 Å². The lowest BCUT2D eigenvalue weighted by Gasteiger charge is -2.06. The zero-order valence-electron chi connectivity index (χ0n) is 21.7. The molecule has 0 fully saturated rings. The van der Waals surface area contributed by atoms with Gasteiger partial charge in [-0.05, 0) is 60.7 Å². The van der Waals surface area contributed by atoms with E-state index in [1.54, 1.807) is 24.3 Å². The molecular formula is C32H17F2IO7S. The first kappa shape index (κ1) is 28.6. The summed E-state index contributed by atoms with van der Waals surface area (Å²) in [5, 5.41) is 2.34. The summed E-state index contributed by atoms with van der Waals surface area (Å²) >= 11 is -0.596. The molecule has 43 heavy (non-hydrogen) atoms. The number of halogens is 3. The highest BCUT2D eigenvalue weighted by Gasteiger charge is 2.20. The predicted molar refractivity (Wildman–Crippen MR) is 152 cm³/mol. The Morgan fingerprint density at radius 2 is 1.05 bits per heavy atom. The molecule has 7 aromatic rings. The fourth-order valence-electron chi connectivity index (χ4n) is 4.47. The number of hydrogen-bond donors (Lipinski definition) is 0. The molecule has 5 aromatic carbocycles. The molecular weight excluding hydrogens is 693 g/mol. The van der Waals surface area contributed by atoms with E-state index < -0.39 is 47.9 Å². The van der Waals surface area contributed by atoms with Gasteiger partial charge in [0.2, 0.25) is 10.9 Å². The molecule has 2 heterocycles. The van der Waals surface area contributed by atoms with Gasteiger partial charge in [-0.15, -0.1) is 0 Å². The lowest BCUT2D eigenvalue weighted by molar-refractivity contribution is -0.597. The normalized spacial score (nSPS) is 11.6. The summed E-state index contributed by atoms with van der Waals surface area (Å²) in [5.74, 6) is -2.30. The molecule has 0 amide bonds. The van der Waals surface area contributed by atoms with Gasteiger partial charge >= 0.3 is 21.2 Å². The van der Waals surface area contributed by atoms with Gasteiger partial charge in [0, 0.05) is 18.2 Å². The van der Waals surface area contributed by atoms with Crippen LogP contribution in [0.2, 0.25) is 0 Å². The number of para-hydroxylation sites is 2. The molecule has 0 spiro atoms. The molecule has 0 radical (unpaired) electrons. The molecule has 0 unspecified atom stereocenters. The van der Waals surface area contributed by atoms with Crippen molar-refractivity contribution in [1.29, 1.82) is 0 Å². The zero-order chi connectivity index (χ0) is 30.3. The van der Waals surface area contributed by atoms with E-state index in [2.05, 4.69) is 0 Å². The Morgan fingerprint density at radius 3 is 1.51 bits per heavy atom. The zero-order valence-corrected chi connectivity index (χ0v) is 24.7. The summed E-state index contributed by atoms with van der Waals surface area (Å²) < 4.78 is 69.4. The summed E-state index contributed by atoms with van der Waals surface area (Å²) in [7, 11) is -4.84. The van der Waals surface area contributed by atoms with Crippen molar-refractivity contribution in [2.45, 2.75) is 4.90 Å². The van der Waals surface area contributed by atoms with Crippen LogP contribution in [0.5, 0.6) is 0 Å². The van der Waals surface area contributed by atoms with Gasteiger partial charge < -0.3 is 13.4 Å². The van der Waals surface area contributed by atoms with Crippen LogP contribution in [0.1, 0.15) is 0 Å². The second-order valence-electron chi connectivity index (χ2n) is 9.26. The van der Waals surface area contributed by atoms with Gasteiger partial charge in [-0.25, -0.2) is 17.2 Å². The summed E-state index contributed by atoms with van der Waals surface area (Å²) in [6.45, 7) is 0. The minimum absolute atomic E-state index is 0.0201. The Balaban J connectivity index is 0.000000232. The second-order valence-corrected chi connectivity index (χ2v) is 13.6. The third-order valence-corrected chi connectivity index (χ3v) is 9.91. The van der Waals surface area contributed by atoms with Crippen molar-refractivity contribution in [3.63, 3.8) is 0 Å². The molecule has 7 rings (SSSR count). The Labute approximate surface area is 252 Å². The SMILES string of the molecule is O=S(=O)([O-])c1ccc(F)cc1F.O=c1c2ccccc2oc2ccc([I+]c3ccc4oc5ccccc5c(=O)c4c3)cc12. The molecule has 214 valence electrons. The van der Waals surface area contributed by atoms with E-state index in [1.165, 1.54) is 0 Å². The lowest BCUT2D eigenvalue weighted by Crippen LogP contribution is -3.61. The molecule has 0 saturated heterocycles. The second kappa shape index (κ2) is 11.3. The molecule has 0 aliphatic rings. The predicted octanol–water partition coefficient (Wildman–Crippen LogP) is 3.20. The number of fused-ring (bicyclic) bond motifs is 4. The van der Waals surface area contributed by atoms with E-state index in [1.807, 2.05) is 60.7 Å². The maximum Gasteiger partial charge on any atom is 0.357 e. The van der Waals surface area contributed by atoms with Gasteiger partial charge in [0.05, 0.1) is 26.4 Å². The first-order valence-corrected chi connectivity index (χ1v) is 16.1. The van der Waals surface area contributed by atoms with Gasteiger partial charge in [-0.2, -0.15) is 0 Å². The average molecular weight is 710 g/mol. The Kier molecular flexibility index (Phi) is 7.54. The average Bonchev–Trinajstić information content (AvgIpc) is 2.98. The Hall–Kier alpha value is -4.46. The summed E-state index contributed by atoms with van der Waals surface area (Å²) in [6.07, 6.45) is 0. The van der Waals surface area contributed by atoms with Crippen molar-refractivity contribution in [3.8, 4) is 0 Å². The minimum atomic E-state index is -4.84. The highest BCUT2D eigenvalue weighted by atomic mass is 127. The van der Waals surface area contributed by atoms with Crippen molar-refractivity contribution in [2.75, 3.05) is 0 Å². The van der Waals surface area contributed by atoms with Crippen LogP contribution < -0.4 is 32.1 Å². The van der Waals surface area contributed by atoms with Gasteiger partial charge in [-0.3, -0.25) is 9.59 Å². The van der Waals surface area contributed by atoms with E-state index in [-0.39, 0.29) is 10.9 Å². The van der Waals surface area contributed by atoms with E-state index in [0.29, 0.717) is 62.1 Å². The highest BCUT2D eigenvalue weighted by molar-refractivity contribution is 7.85. The Morgan fingerprint density at radius 1 is 0.581 bits per heavy atom. The van der Waals surface area contributed by atoms with Crippen molar-refractivity contribution >= 4 is 54.0 Å². The fraction of sp³-hybridized carbons (Fsp3) is 0. The molecule has 0 aliphatic carbocycles. The molecule has 0 atom stereocenters. The van der Waals surface area contributed by atoms with Crippen LogP contribution >= 0.6 is 0 Å². The summed E-state index contributed by atoms with van der Waals surface area (Å²) in [5.41, 5.74) is 2.32. The number of rotatable bonds is 3. The largest absolute Gasteiger partial charge is 0.744 e. The smallest absolute Gasteiger partial charge is 0.357 e. The Bertz CT molecular complexity index is 2310. The molecule has 11 heteroatoms. The van der Waals surface area contributed by atoms with E-state index in [9.17, 15) is 31.3 Å². The lowest BCUT2D eigenvalue weighted by atomic mass is 10.1. The molecule has 0 saturated carbocycles. The van der Waals surface area contributed by atoms with Crippen LogP contribution in [-0.2, 0) is 10.1 Å². The maximum absolute atomic E-state index is 12.9. The molecule has 7 nitrogen and oxygen atoms in total. The molecule has 0 bridgehead atoms. The van der Waals surface area contributed by atoms with Crippen LogP contribution in [0, 0.1) is 18.8 Å². The van der Waals surface area contributed by atoms with Gasteiger partial charge in [0.25, 0.3) is 0 Å². The third-order valence-electron chi connectivity index (χ3n) is 6.46. The van der Waals surface area contributed by atoms with E-state index in [0.717, 1.165) is 7.14 Å². The molecule has 0 aliphatic heterocycles. The van der Waals surface area contributed by atoms with E-state index in [4.69, 9.17) is 8.83 Å². The third kappa shape index (κ3) is 5.78. The van der Waals surface area contributed by atoms with Crippen LogP contribution in [0.15, 0.2) is 126 Å². The highest BCUT2D eigenvalue weighted by Crippen LogP contribution is 2.19. The quantitative estimate of drug-likeness (QED) is 0.157. The van der Waals surface area contributed by atoms with Crippen LogP contribution in [0.3, 0.4) is 0 Å². The monoisotopic (exact) mass is 710 g/mol. The van der Waals surface area contributed by atoms with Crippen molar-refractivity contribution in [3.05, 3.63) is 142 Å². The van der Waals surface area contributed by atoms with Crippen LogP contribution in [0.4, 0.5) is 8.78 Å². The number of benzene rings is 5. The first-order chi connectivity index (χ1) is 20.6. The van der Waals surface area contributed by atoms with Crippen LogP contribution in [0.25, 0.3) is 43.9 Å². The van der Waals surface area contributed by atoms with Gasteiger partial charge in [-0.1, -0.05) is 24.3 Å². The van der Waals surface area contributed by atoms with Crippen LogP contribution in [-0.4, -0.2) is 13.0 Å². The summed E-state index contributed by atoms with van der Waals surface area (Å²) in [6, 6.07) is 27.8.